The van der Waals surface area contributed by atoms with E-state index in [1.165, 1.54) is 0 Å². The van der Waals surface area contributed by atoms with Gasteiger partial charge in [-0.05, 0) is 24.5 Å². The van der Waals surface area contributed by atoms with Crippen molar-refractivity contribution >= 4 is 17.1 Å². The van der Waals surface area contributed by atoms with Crippen LogP contribution in [0.25, 0.3) is 11.0 Å². The van der Waals surface area contributed by atoms with E-state index in [1.807, 2.05) is 32.3 Å². The lowest BCUT2D eigenvalue weighted by Crippen LogP contribution is -2.37. The van der Waals surface area contributed by atoms with Crippen LogP contribution in [0.1, 0.15) is 39.6 Å². The van der Waals surface area contributed by atoms with E-state index in [1.54, 1.807) is 18.2 Å². The first-order valence-corrected chi connectivity index (χ1v) is 6.92. The second-order valence-electron chi connectivity index (χ2n) is 6.14. The van der Waals surface area contributed by atoms with Crippen LogP contribution in [-0.2, 0) is 6.54 Å². The molecule has 6 heteroatoms. The Morgan fingerprint density at radius 2 is 2.10 bits per heavy atom. The first-order chi connectivity index (χ1) is 9.74. The molecule has 1 atom stereocenters. The van der Waals surface area contributed by atoms with Gasteiger partial charge in [0.25, 0.3) is 0 Å². The van der Waals surface area contributed by atoms with Crippen molar-refractivity contribution in [3.63, 3.8) is 0 Å². The number of amides is 1. The Hall–Kier alpha value is -2.24. The number of nitrogens with one attached hydrogen (secondary N) is 1. The molecule has 1 heterocycles. The van der Waals surface area contributed by atoms with Gasteiger partial charge >= 0.3 is 6.09 Å². The third-order valence-electron chi connectivity index (χ3n) is 3.47. The number of carboxylic acid groups (broad SMARTS) is 1. The molecule has 1 aromatic heterocycles. The van der Waals surface area contributed by atoms with Gasteiger partial charge in [-0.3, -0.25) is 0 Å². The number of carbonyl (C=O) groups is 1. The summed E-state index contributed by atoms with van der Waals surface area (Å²) in [7, 11) is 0. The van der Waals surface area contributed by atoms with Gasteiger partial charge in [0.05, 0.1) is 17.1 Å². The molecule has 1 amide bonds. The van der Waals surface area contributed by atoms with Crippen molar-refractivity contribution in [1.82, 2.24) is 14.9 Å². The zero-order valence-electron chi connectivity index (χ0n) is 12.7. The highest BCUT2D eigenvalue weighted by Gasteiger charge is 2.32. The summed E-state index contributed by atoms with van der Waals surface area (Å²) >= 11 is 0. The molecule has 1 aromatic carbocycles. The lowest BCUT2D eigenvalue weighted by molar-refractivity contribution is 0.172. The van der Waals surface area contributed by atoms with Crippen LogP contribution in [-0.4, -0.2) is 25.9 Å². The number of phenolic OH excluding ortho intramolecular Hbond substituents is 1. The average molecular weight is 291 g/mol. The molecule has 0 saturated carbocycles. The Kier molecular flexibility index (Phi) is 3.80. The van der Waals surface area contributed by atoms with Crippen molar-refractivity contribution in [2.45, 2.75) is 40.3 Å². The van der Waals surface area contributed by atoms with Crippen LogP contribution in [0.3, 0.4) is 0 Å². The smallest absolute Gasteiger partial charge is 0.405 e. The molecule has 6 nitrogen and oxygen atoms in total. The fourth-order valence-corrected chi connectivity index (χ4v) is 2.47. The fraction of sp³-hybridized carbons (Fsp3) is 0.467. The van der Waals surface area contributed by atoms with E-state index in [0.717, 1.165) is 11.0 Å². The lowest BCUT2D eigenvalue weighted by Gasteiger charge is -2.30. The molecule has 0 aliphatic carbocycles. The molecule has 0 aliphatic heterocycles. The maximum absolute atomic E-state index is 11.1. The number of imidazole rings is 1. The Balaban J connectivity index is 2.64. The monoisotopic (exact) mass is 291 g/mol. The van der Waals surface area contributed by atoms with Crippen LogP contribution in [0.2, 0.25) is 0 Å². The number of phenols is 1. The Bertz CT molecular complexity index is 671. The fourth-order valence-electron chi connectivity index (χ4n) is 2.47. The molecule has 21 heavy (non-hydrogen) atoms. The minimum Gasteiger partial charge on any atom is -0.508 e. The summed E-state index contributed by atoms with van der Waals surface area (Å²) in [6, 6.07) is 4.52. The largest absolute Gasteiger partial charge is 0.508 e. The van der Waals surface area contributed by atoms with E-state index >= 15 is 0 Å². The van der Waals surface area contributed by atoms with E-state index in [2.05, 4.69) is 10.3 Å². The maximum atomic E-state index is 11.1. The normalized spacial score (nSPS) is 13.3. The average Bonchev–Trinajstić information content (AvgIpc) is 2.71. The molecule has 114 valence electrons. The SMILES string of the molecule is CCn1c(C(NC(=O)O)C(C)(C)C)nc2ccc(O)cc21. The van der Waals surface area contributed by atoms with Crippen molar-refractivity contribution in [3.8, 4) is 5.75 Å². The molecule has 0 fully saturated rings. The van der Waals surface area contributed by atoms with E-state index in [9.17, 15) is 9.90 Å². The molecule has 0 aliphatic rings. The number of hydrogen-bond donors (Lipinski definition) is 3. The molecule has 0 saturated heterocycles. The summed E-state index contributed by atoms with van der Waals surface area (Å²) in [6.07, 6.45) is -1.08. The van der Waals surface area contributed by atoms with Gasteiger partial charge < -0.3 is 20.1 Å². The zero-order chi connectivity index (χ0) is 15.8. The quantitative estimate of drug-likeness (QED) is 0.810. The van der Waals surface area contributed by atoms with Crippen LogP contribution in [0.15, 0.2) is 18.2 Å². The number of nitrogens with zero attached hydrogens (tertiary/aromatic N) is 2. The summed E-state index contributed by atoms with van der Waals surface area (Å²) in [6.45, 7) is 8.50. The number of aromatic hydroxyl groups is 1. The minimum atomic E-state index is -1.08. The van der Waals surface area contributed by atoms with Crippen LogP contribution >= 0.6 is 0 Å². The van der Waals surface area contributed by atoms with Crippen LogP contribution < -0.4 is 5.32 Å². The van der Waals surface area contributed by atoms with Crippen molar-refractivity contribution in [1.29, 1.82) is 0 Å². The number of hydrogen-bond acceptors (Lipinski definition) is 3. The second kappa shape index (κ2) is 5.27. The maximum Gasteiger partial charge on any atom is 0.405 e. The third kappa shape index (κ3) is 2.94. The minimum absolute atomic E-state index is 0.169. The van der Waals surface area contributed by atoms with E-state index in [4.69, 9.17) is 5.11 Å². The van der Waals surface area contributed by atoms with Gasteiger partial charge in [-0.1, -0.05) is 20.8 Å². The van der Waals surface area contributed by atoms with Gasteiger partial charge in [0.2, 0.25) is 0 Å². The number of fused-ring (bicyclic) bond motifs is 1. The van der Waals surface area contributed by atoms with Gasteiger partial charge in [-0.25, -0.2) is 9.78 Å². The van der Waals surface area contributed by atoms with Crippen molar-refractivity contribution in [3.05, 3.63) is 24.0 Å². The van der Waals surface area contributed by atoms with Crippen LogP contribution in [0, 0.1) is 5.41 Å². The first kappa shape index (κ1) is 15.2. The standard InChI is InChI=1S/C15H21N3O3/c1-5-18-11-8-9(19)6-7-10(11)16-13(18)12(15(2,3)4)17-14(20)21/h6-8,12,17,19H,5H2,1-4H3,(H,20,21). The van der Waals surface area contributed by atoms with Gasteiger partial charge in [0, 0.05) is 12.6 Å². The number of rotatable bonds is 3. The highest BCUT2D eigenvalue weighted by molar-refractivity contribution is 5.78. The van der Waals surface area contributed by atoms with Crippen molar-refractivity contribution in [2.75, 3.05) is 0 Å². The van der Waals surface area contributed by atoms with Crippen molar-refractivity contribution < 1.29 is 15.0 Å². The molecule has 1 unspecified atom stereocenters. The van der Waals surface area contributed by atoms with Gasteiger partial charge in [-0.2, -0.15) is 0 Å². The molecule has 0 bridgehead atoms. The van der Waals surface area contributed by atoms with Crippen LogP contribution in [0.5, 0.6) is 5.75 Å². The number of benzene rings is 1. The second-order valence-corrected chi connectivity index (χ2v) is 6.14. The predicted octanol–water partition coefficient (Wildman–Crippen LogP) is 3.12. The number of aryl methyl sites for hydroxylation is 1. The topological polar surface area (TPSA) is 87.4 Å². The molecule has 2 rings (SSSR count). The van der Waals surface area contributed by atoms with E-state index in [0.29, 0.717) is 12.4 Å². The highest BCUT2D eigenvalue weighted by Crippen LogP contribution is 2.34. The number of aromatic nitrogens is 2. The van der Waals surface area contributed by atoms with Crippen LogP contribution in [0.4, 0.5) is 4.79 Å². The Morgan fingerprint density at radius 3 is 2.62 bits per heavy atom. The zero-order valence-corrected chi connectivity index (χ0v) is 12.7. The molecule has 0 spiro atoms. The summed E-state index contributed by atoms with van der Waals surface area (Å²) in [5.74, 6) is 0.829. The summed E-state index contributed by atoms with van der Waals surface area (Å²) in [5, 5.41) is 21.3. The van der Waals surface area contributed by atoms with E-state index < -0.39 is 12.1 Å². The summed E-state index contributed by atoms with van der Waals surface area (Å²) in [4.78, 5) is 15.7. The molecule has 3 N–H and O–H groups in total. The molecule has 2 aromatic rings. The third-order valence-corrected chi connectivity index (χ3v) is 3.47. The summed E-state index contributed by atoms with van der Waals surface area (Å²) in [5.41, 5.74) is 1.22. The van der Waals surface area contributed by atoms with Crippen molar-refractivity contribution in [2.24, 2.45) is 5.41 Å². The van der Waals surface area contributed by atoms with Gasteiger partial charge in [0.15, 0.2) is 0 Å². The highest BCUT2D eigenvalue weighted by atomic mass is 16.4. The summed E-state index contributed by atoms with van der Waals surface area (Å²) < 4.78 is 1.93. The first-order valence-electron chi connectivity index (χ1n) is 6.92. The van der Waals surface area contributed by atoms with Gasteiger partial charge in [0.1, 0.15) is 11.6 Å². The predicted molar refractivity (Wildman–Crippen MR) is 80.4 cm³/mol. The molecular formula is C15H21N3O3. The Labute approximate surface area is 123 Å². The molecular weight excluding hydrogens is 270 g/mol. The lowest BCUT2D eigenvalue weighted by atomic mass is 9.86. The van der Waals surface area contributed by atoms with E-state index in [-0.39, 0.29) is 11.2 Å². The molecule has 0 radical (unpaired) electrons. The Morgan fingerprint density at radius 1 is 1.43 bits per heavy atom. The van der Waals surface area contributed by atoms with Gasteiger partial charge in [-0.15, -0.1) is 0 Å².